The van der Waals surface area contributed by atoms with Crippen molar-refractivity contribution in [3.8, 4) is 11.3 Å². The Kier molecular flexibility index (Phi) is 6.79. The third-order valence-electron chi connectivity index (χ3n) is 3.62. The molecule has 26 heavy (non-hydrogen) atoms. The van der Waals surface area contributed by atoms with E-state index in [1.165, 1.54) is 30.9 Å². The third-order valence-corrected chi connectivity index (χ3v) is 4.73. The normalized spacial score (nSPS) is 12.1. The van der Waals surface area contributed by atoms with Crippen molar-refractivity contribution in [2.45, 2.75) is 37.7 Å². The van der Waals surface area contributed by atoms with Crippen LogP contribution in [0.4, 0.5) is 9.18 Å². The Bertz CT molecular complexity index is 774. The standard InChI is InChI=1S/C18H23FN4O2S/c1-11(2)10-23-15(13-5-7-14(19)8-6-13)9-21-18(23)26-12(3)16(24)22-17(25)20-4/h5-9,11-12H,10H2,1-4H3,(H2,20,22,24,25)/t12-/m0/s1. The van der Waals surface area contributed by atoms with E-state index in [4.69, 9.17) is 0 Å². The van der Waals surface area contributed by atoms with E-state index < -0.39 is 17.2 Å². The van der Waals surface area contributed by atoms with Crippen LogP contribution in [-0.4, -0.2) is 33.8 Å². The first kappa shape index (κ1) is 20.0. The molecule has 8 heteroatoms. The number of rotatable bonds is 6. The highest BCUT2D eigenvalue weighted by atomic mass is 32.2. The number of hydrogen-bond donors (Lipinski definition) is 2. The molecule has 1 atom stereocenters. The summed E-state index contributed by atoms with van der Waals surface area (Å²) in [6.07, 6.45) is 1.72. The van der Waals surface area contributed by atoms with Gasteiger partial charge in [-0.1, -0.05) is 25.6 Å². The van der Waals surface area contributed by atoms with Crippen molar-refractivity contribution in [2.24, 2.45) is 5.92 Å². The largest absolute Gasteiger partial charge is 0.341 e. The molecule has 2 N–H and O–H groups in total. The first-order valence-electron chi connectivity index (χ1n) is 8.32. The second-order valence-corrected chi connectivity index (χ2v) is 7.57. The Labute approximate surface area is 156 Å². The number of imidazole rings is 1. The summed E-state index contributed by atoms with van der Waals surface area (Å²) in [7, 11) is 1.45. The quantitative estimate of drug-likeness (QED) is 0.757. The van der Waals surface area contributed by atoms with Crippen LogP contribution in [-0.2, 0) is 11.3 Å². The highest BCUT2D eigenvalue weighted by molar-refractivity contribution is 8.00. The van der Waals surface area contributed by atoms with E-state index in [9.17, 15) is 14.0 Å². The molecule has 1 heterocycles. The maximum absolute atomic E-state index is 13.2. The fourth-order valence-electron chi connectivity index (χ4n) is 2.33. The number of imide groups is 1. The molecule has 0 fully saturated rings. The lowest BCUT2D eigenvalue weighted by molar-refractivity contribution is -0.119. The van der Waals surface area contributed by atoms with E-state index in [1.807, 2.05) is 4.57 Å². The van der Waals surface area contributed by atoms with E-state index in [0.717, 1.165) is 11.3 Å². The molecule has 0 unspecified atom stereocenters. The van der Waals surface area contributed by atoms with E-state index in [2.05, 4.69) is 29.5 Å². The van der Waals surface area contributed by atoms with Crippen LogP contribution in [0.1, 0.15) is 20.8 Å². The lowest BCUT2D eigenvalue weighted by Crippen LogP contribution is -2.41. The number of carbonyl (C=O) groups is 2. The van der Waals surface area contributed by atoms with E-state index in [1.54, 1.807) is 25.3 Å². The fourth-order valence-corrected chi connectivity index (χ4v) is 3.23. The molecule has 2 rings (SSSR count). The molecule has 0 radical (unpaired) electrons. The zero-order valence-electron chi connectivity index (χ0n) is 15.2. The monoisotopic (exact) mass is 378 g/mol. The summed E-state index contributed by atoms with van der Waals surface area (Å²) >= 11 is 1.28. The molecular weight excluding hydrogens is 355 g/mol. The van der Waals surface area contributed by atoms with Gasteiger partial charge in [0, 0.05) is 13.6 Å². The smallest absolute Gasteiger partial charge is 0.321 e. The summed E-state index contributed by atoms with van der Waals surface area (Å²) in [6.45, 7) is 6.60. The molecule has 0 spiro atoms. The molecule has 0 saturated carbocycles. The summed E-state index contributed by atoms with van der Waals surface area (Å²) in [6, 6.07) is 5.70. The number of aromatic nitrogens is 2. The Morgan fingerprint density at radius 2 is 1.88 bits per heavy atom. The van der Waals surface area contributed by atoms with Crippen molar-refractivity contribution in [1.29, 1.82) is 0 Å². The van der Waals surface area contributed by atoms with Crippen molar-refractivity contribution >= 4 is 23.7 Å². The fraction of sp³-hybridized carbons (Fsp3) is 0.389. The molecule has 0 bridgehead atoms. The number of urea groups is 1. The Hall–Kier alpha value is -2.35. The number of halogens is 1. The topological polar surface area (TPSA) is 76.0 Å². The number of hydrogen-bond acceptors (Lipinski definition) is 4. The molecular formula is C18H23FN4O2S. The number of nitrogens with one attached hydrogen (secondary N) is 2. The second kappa shape index (κ2) is 8.84. The molecule has 1 aromatic heterocycles. The van der Waals surface area contributed by atoms with Gasteiger partial charge in [0.25, 0.3) is 0 Å². The van der Waals surface area contributed by atoms with Crippen molar-refractivity contribution in [3.63, 3.8) is 0 Å². The Morgan fingerprint density at radius 1 is 1.23 bits per heavy atom. The van der Waals surface area contributed by atoms with Crippen LogP contribution in [0, 0.1) is 11.7 Å². The molecule has 3 amide bonds. The van der Waals surface area contributed by atoms with Gasteiger partial charge < -0.3 is 9.88 Å². The lowest BCUT2D eigenvalue weighted by Gasteiger charge is -2.16. The summed E-state index contributed by atoms with van der Waals surface area (Å²) in [5.74, 6) is -0.327. The van der Waals surface area contributed by atoms with E-state index in [-0.39, 0.29) is 5.82 Å². The van der Waals surface area contributed by atoms with Gasteiger partial charge in [-0.25, -0.2) is 14.2 Å². The zero-order chi connectivity index (χ0) is 19.3. The molecule has 1 aromatic carbocycles. The molecule has 2 aromatic rings. The summed E-state index contributed by atoms with van der Waals surface area (Å²) in [4.78, 5) is 27.8. The van der Waals surface area contributed by atoms with Gasteiger partial charge >= 0.3 is 6.03 Å². The first-order valence-corrected chi connectivity index (χ1v) is 9.20. The first-order chi connectivity index (χ1) is 12.3. The van der Waals surface area contributed by atoms with Gasteiger partial charge in [0.2, 0.25) is 5.91 Å². The predicted octanol–water partition coefficient (Wildman–Crippen LogP) is 3.28. The molecule has 140 valence electrons. The highest BCUT2D eigenvalue weighted by Gasteiger charge is 2.21. The van der Waals surface area contributed by atoms with Crippen LogP contribution in [0.5, 0.6) is 0 Å². The molecule has 0 saturated heterocycles. The van der Waals surface area contributed by atoms with Crippen LogP contribution in [0.2, 0.25) is 0 Å². The van der Waals surface area contributed by atoms with E-state index in [0.29, 0.717) is 17.6 Å². The minimum Gasteiger partial charge on any atom is -0.341 e. The van der Waals surface area contributed by atoms with Crippen molar-refractivity contribution < 1.29 is 14.0 Å². The third kappa shape index (κ3) is 5.08. The lowest BCUT2D eigenvalue weighted by atomic mass is 10.1. The van der Waals surface area contributed by atoms with Crippen LogP contribution in [0.3, 0.4) is 0 Å². The van der Waals surface area contributed by atoms with Crippen LogP contribution in [0.25, 0.3) is 11.3 Å². The number of thioether (sulfide) groups is 1. The van der Waals surface area contributed by atoms with Crippen molar-refractivity contribution in [2.75, 3.05) is 7.05 Å². The van der Waals surface area contributed by atoms with Crippen LogP contribution >= 0.6 is 11.8 Å². The molecule has 6 nitrogen and oxygen atoms in total. The van der Waals surface area contributed by atoms with Gasteiger partial charge in [0.1, 0.15) is 5.82 Å². The van der Waals surface area contributed by atoms with Gasteiger partial charge in [0.15, 0.2) is 5.16 Å². The van der Waals surface area contributed by atoms with Gasteiger partial charge in [0.05, 0.1) is 17.1 Å². The number of amides is 3. The van der Waals surface area contributed by atoms with Crippen LogP contribution in [0.15, 0.2) is 35.6 Å². The summed E-state index contributed by atoms with van der Waals surface area (Å²) in [5.41, 5.74) is 1.72. The maximum Gasteiger partial charge on any atom is 0.321 e. The highest BCUT2D eigenvalue weighted by Crippen LogP contribution is 2.29. The van der Waals surface area contributed by atoms with Crippen molar-refractivity contribution in [1.82, 2.24) is 20.2 Å². The summed E-state index contributed by atoms with van der Waals surface area (Å²) < 4.78 is 15.2. The summed E-state index contributed by atoms with van der Waals surface area (Å²) in [5, 5.41) is 4.80. The van der Waals surface area contributed by atoms with Gasteiger partial charge in [-0.15, -0.1) is 0 Å². The SMILES string of the molecule is CNC(=O)NC(=O)[C@H](C)Sc1ncc(-c2ccc(F)cc2)n1CC(C)C. The predicted molar refractivity (Wildman–Crippen MR) is 100 cm³/mol. The number of nitrogens with zero attached hydrogens (tertiary/aromatic N) is 2. The second-order valence-electron chi connectivity index (χ2n) is 6.27. The minimum absolute atomic E-state index is 0.294. The number of benzene rings is 1. The average molecular weight is 378 g/mol. The van der Waals surface area contributed by atoms with Gasteiger partial charge in [-0.2, -0.15) is 0 Å². The molecule has 0 aliphatic rings. The van der Waals surface area contributed by atoms with E-state index >= 15 is 0 Å². The van der Waals surface area contributed by atoms with Gasteiger partial charge in [-0.3, -0.25) is 10.1 Å². The number of carbonyl (C=O) groups excluding carboxylic acids is 2. The Balaban J connectivity index is 2.26. The van der Waals surface area contributed by atoms with Crippen molar-refractivity contribution in [3.05, 3.63) is 36.3 Å². The zero-order valence-corrected chi connectivity index (χ0v) is 16.1. The Morgan fingerprint density at radius 3 is 2.46 bits per heavy atom. The van der Waals surface area contributed by atoms with Crippen LogP contribution < -0.4 is 10.6 Å². The molecule has 0 aliphatic heterocycles. The maximum atomic E-state index is 13.2. The molecule has 0 aliphatic carbocycles. The van der Waals surface area contributed by atoms with Gasteiger partial charge in [-0.05, 0) is 42.7 Å². The minimum atomic E-state index is -0.542. The average Bonchev–Trinajstić information content (AvgIpc) is 2.97.